The van der Waals surface area contributed by atoms with Gasteiger partial charge < -0.3 is 14.4 Å². The SMILES string of the molecule is CC(=O)N1C[C@@H]2CC[C@H](C1)N(C(=O)c1cc3ccc(C)cc3n1C)C2. The molecule has 3 aliphatic rings. The van der Waals surface area contributed by atoms with E-state index in [9.17, 15) is 9.59 Å². The van der Waals surface area contributed by atoms with E-state index in [1.807, 2.05) is 27.5 Å². The Labute approximate surface area is 148 Å². The van der Waals surface area contributed by atoms with Crippen LogP contribution in [0.25, 0.3) is 10.9 Å². The number of carbonyl (C=O) groups excluding carboxylic acids is 2. The second-order valence-corrected chi connectivity index (χ2v) is 7.63. The van der Waals surface area contributed by atoms with E-state index in [4.69, 9.17) is 0 Å². The van der Waals surface area contributed by atoms with E-state index in [1.165, 1.54) is 5.56 Å². The summed E-state index contributed by atoms with van der Waals surface area (Å²) in [6.45, 7) is 5.90. The van der Waals surface area contributed by atoms with Crippen LogP contribution in [-0.2, 0) is 11.8 Å². The van der Waals surface area contributed by atoms with E-state index in [2.05, 4.69) is 25.1 Å². The lowest BCUT2D eigenvalue weighted by molar-refractivity contribution is -0.129. The van der Waals surface area contributed by atoms with Crippen LogP contribution in [0.1, 0.15) is 35.8 Å². The molecule has 2 bridgehead atoms. The Morgan fingerprint density at radius 2 is 1.88 bits per heavy atom. The van der Waals surface area contributed by atoms with Gasteiger partial charge in [-0.3, -0.25) is 9.59 Å². The molecule has 0 aliphatic carbocycles. The van der Waals surface area contributed by atoms with Crippen molar-refractivity contribution in [1.82, 2.24) is 14.4 Å². The Morgan fingerprint density at radius 1 is 1.08 bits per heavy atom. The molecule has 0 N–H and O–H groups in total. The smallest absolute Gasteiger partial charge is 0.270 e. The van der Waals surface area contributed by atoms with Gasteiger partial charge in [-0.1, -0.05) is 12.1 Å². The van der Waals surface area contributed by atoms with Gasteiger partial charge in [0.05, 0.1) is 0 Å². The molecule has 4 heterocycles. The number of benzene rings is 1. The van der Waals surface area contributed by atoms with Crippen LogP contribution in [0.4, 0.5) is 0 Å². The van der Waals surface area contributed by atoms with Crippen molar-refractivity contribution in [3.8, 4) is 0 Å². The maximum absolute atomic E-state index is 13.3. The quantitative estimate of drug-likeness (QED) is 0.802. The first-order chi connectivity index (χ1) is 11.9. The van der Waals surface area contributed by atoms with Crippen LogP contribution < -0.4 is 0 Å². The summed E-state index contributed by atoms with van der Waals surface area (Å²) in [5.74, 6) is 0.603. The summed E-state index contributed by atoms with van der Waals surface area (Å²) in [6, 6.07) is 8.41. The van der Waals surface area contributed by atoms with Crippen LogP contribution >= 0.6 is 0 Å². The highest BCUT2D eigenvalue weighted by atomic mass is 16.2. The highest BCUT2D eigenvalue weighted by Gasteiger charge is 2.38. The third-order valence-electron chi connectivity index (χ3n) is 5.84. The topological polar surface area (TPSA) is 45.6 Å². The van der Waals surface area contributed by atoms with Crippen molar-refractivity contribution in [1.29, 1.82) is 0 Å². The second-order valence-electron chi connectivity index (χ2n) is 7.63. The molecular formula is C20H25N3O2. The Kier molecular flexibility index (Phi) is 3.82. The van der Waals surface area contributed by atoms with Gasteiger partial charge in [-0.2, -0.15) is 0 Å². The summed E-state index contributed by atoms with van der Waals surface area (Å²) in [5.41, 5.74) is 3.02. The van der Waals surface area contributed by atoms with Crippen molar-refractivity contribution < 1.29 is 9.59 Å². The number of hydrogen-bond donors (Lipinski definition) is 0. The average molecular weight is 339 g/mol. The number of aryl methyl sites for hydroxylation is 2. The molecule has 2 atom stereocenters. The fraction of sp³-hybridized carbons (Fsp3) is 0.500. The summed E-state index contributed by atoms with van der Waals surface area (Å²) >= 11 is 0. The van der Waals surface area contributed by atoms with Gasteiger partial charge in [0.1, 0.15) is 5.69 Å². The molecule has 5 nitrogen and oxygen atoms in total. The van der Waals surface area contributed by atoms with Crippen molar-refractivity contribution in [3.63, 3.8) is 0 Å². The first-order valence-corrected chi connectivity index (χ1v) is 9.06. The third-order valence-corrected chi connectivity index (χ3v) is 5.84. The third kappa shape index (κ3) is 2.71. The first kappa shape index (κ1) is 16.2. The number of piperidine rings is 1. The molecule has 0 unspecified atom stereocenters. The zero-order valence-corrected chi connectivity index (χ0v) is 15.2. The van der Waals surface area contributed by atoms with Crippen molar-refractivity contribution in [2.24, 2.45) is 13.0 Å². The molecule has 3 fully saturated rings. The van der Waals surface area contributed by atoms with Crippen LogP contribution in [0.15, 0.2) is 24.3 Å². The lowest BCUT2D eigenvalue weighted by Gasteiger charge is -2.36. The number of aromatic nitrogens is 1. The summed E-state index contributed by atoms with van der Waals surface area (Å²) in [5, 5.41) is 1.10. The van der Waals surface area contributed by atoms with Crippen molar-refractivity contribution in [2.75, 3.05) is 19.6 Å². The number of fused-ring (bicyclic) bond motifs is 5. The summed E-state index contributed by atoms with van der Waals surface area (Å²) < 4.78 is 2.01. The van der Waals surface area contributed by atoms with Crippen LogP contribution in [-0.4, -0.2) is 51.9 Å². The minimum absolute atomic E-state index is 0.0939. The van der Waals surface area contributed by atoms with Gasteiger partial charge in [0.15, 0.2) is 0 Å². The van der Waals surface area contributed by atoms with Gasteiger partial charge in [0.2, 0.25) is 5.91 Å². The van der Waals surface area contributed by atoms with Gasteiger partial charge in [-0.05, 0) is 43.4 Å². The molecule has 1 aromatic heterocycles. The normalized spacial score (nSPS) is 23.2. The largest absolute Gasteiger partial charge is 0.341 e. The van der Waals surface area contributed by atoms with Crippen LogP contribution in [0.2, 0.25) is 0 Å². The molecule has 3 aliphatic heterocycles. The monoisotopic (exact) mass is 339 g/mol. The van der Waals surface area contributed by atoms with Gasteiger partial charge in [0, 0.05) is 50.6 Å². The minimum atomic E-state index is 0.0939. The molecule has 5 rings (SSSR count). The zero-order chi connectivity index (χ0) is 17.7. The zero-order valence-electron chi connectivity index (χ0n) is 15.2. The summed E-state index contributed by atoms with van der Waals surface area (Å²) in [4.78, 5) is 29.1. The number of carbonyl (C=O) groups is 2. The molecule has 3 saturated heterocycles. The average Bonchev–Trinajstić information content (AvgIpc) is 2.76. The highest BCUT2D eigenvalue weighted by molar-refractivity contribution is 5.99. The lowest BCUT2D eigenvalue weighted by Crippen LogP contribution is -2.48. The maximum atomic E-state index is 13.3. The molecule has 25 heavy (non-hydrogen) atoms. The second kappa shape index (κ2) is 5.90. The summed E-state index contributed by atoms with van der Waals surface area (Å²) in [6.07, 6.45) is 2.09. The first-order valence-electron chi connectivity index (χ1n) is 9.06. The fourth-order valence-corrected chi connectivity index (χ4v) is 4.38. The number of amides is 2. The fourth-order valence-electron chi connectivity index (χ4n) is 4.38. The molecule has 5 heteroatoms. The predicted molar refractivity (Wildman–Crippen MR) is 97.5 cm³/mol. The Morgan fingerprint density at radius 3 is 2.64 bits per heavy atom. The molecule has 0 spiro atoms. The van der Waals surface area contributed by atoms with Crippen molar-refractivity contribution in [3.05, 3.63) is 35.5 Å². The van der Waals surface area contributed by atoms with E-state index >= 15 is 0 Å². The van der Waals surface area contributed by atoms with Crippen LogP contribution in [0.3, 0.4) is 0 Å². The summed E-state index contributed by atoms with van der Waals surface area (Å²) in [7, 11) is 1.97. The highest BCUT2D eigenvalue weighted by Crippen LogP contribution is 2.30. The number of nitrogens with zero attached hydrogens (tertiary/aromatic N) is 3. The van der Waals surface area contributed by atoms with Gasteiger partial charge in [-0.15, -0.1) is 0 Å². The van der Waals surface area contributed by atoms with E-state index in [1.54, 1.807) is 6.92 Å². The molecule has 2 aromatic rings. The van der Waals surface area contributed by atoms with E-state index in [0.29, 0.717) is 12.5 Å². The molecule has 0 saturated carbocycles. The standard InChI is InChI=1S/C20H25N3O2/c1-13-4-6-16-9-19(21(3)18(16)8-13)20(25)23-11-15-5-7-17(23)12-22(10-15)14(2)24/h4,6,8-9,15,17H,5,7,10-12H2,1-3H3/t15-,17+/m0/s1. The Hall–Kier alpha value is -2.30. The lowest BCUT2D eigenvalue weighted by atomic mass is 9.94. The number of hydrogen-bond acceptors (Lipinski definition) is 2. The van der Waals surface area contributed by atoms with E-state index in [0.717, 1.165) is 42.5 Å². The van der Waals surface area contributed by atoms with Gasteiger partial charge >= 0.3 is 0 Å². The van der Waals surface area contributed by atoms with Crippen LogP contribution in [0.5, 0.6) is 0 Å². The Bertz CT molecular complexity index is 854. The van der Waals surface area contributed by atoms with E-state index < -0.39 is 0 Å². The van der Waals surface area contributed by atoms with Crippen LogP contribution in [0, 0.1) is 12.8 Å². The molecule has 0 radical (unpaired) electrons. The number of rotatable bonds is 1. The molecule has 2 amide bonds. The molecule has 132 valence electrons. The van der Waals surface area contributed by atoms with Crippen molar-refractivity contribution in [2.45, 2.75) is 32.7 Å². The maximum Gasteiger partial charge on any atom is 0.270 e. The molecule has 1 aromatic carbocycles. The Balaban J connectivity index is 1.67. The molecular weight excluding hydrogens is 314 g/mol. The van der Waals surface area contributed by atoms with Gasteiger partial charge in [0.25, 0.3) is 5.91 Å². The predicted octanol–water partition coefficient (Wildman–Crippen LogP) is 2.57. The van der Waals surface area contributed by atoms with Gasteiger partial charge in [-0.25, -0.2) is 0 Å². The van der Waals surface area contributed by atoms with E-state index in [-0.39, 0.29) is 17.9 Å². The minimum Gasteiger partial charge on any atom is -0.341 e. The van der Waals surface area contributed by atoms with Crippen molar-refractivity contribution >= 4 is 22.7 Å².